The van der Waals surface area contributed by atoms with E-state index in [4.69, 9.17) is 27.9 Å². The third kappa shape index (κ3) is 4.10. The lowest BCUT2D eigenvalue weighted by atomic mass is 10.0. The molecule has 0 unspecified atom stereocenters. The number of aromatic amines is 1. The average Bonchev–Trinajstić information content (AvgIpc) is 3.44. The lowest BCUT2D eigenvalue weighted by Gasteiger charge is -2.21. The number of nitrogens with zero attached hydrogens (tertiary/aromatic N) is 2. The first-order valence-corrected chi connectivity index (χ1v) is 10.9. The molecule has 2 atom stereocenters. The molecule has 160 valence electrons. The molecule has 2 fully saturated rings. The first kappa shape index (κ1) is 20.2. The van der Waals surface area contributed by atoms with Crippen molar-refractivity contribution in [2.75, 3.05) is 26.2 Å². The monoisotopic (exact) mass is 457 g/mol. The van der Waals surface area contributed by atoms with E-state index in [2.05, 4.69) is 4.98 Å². The molecular weight excluding hydrogens is 437 g/mol. The summed E-state index contributed by atoms with van der Waals surface area (Å²) in [5, 5.41) is 2.05. The Balaban J connectivity index is 1.16. The Hall–Kier alpha value is -2.70. The summed E-state index contributed by atoms with van der Waals surface area (Å²) in [4.78, 5) is 32.2. The summed E-state index contributed by atoms with van der Waals surface area (Å²) in [5.74, 6) is 0.589. The molecule has 2 aliphatic rings. The van der Waals surface area contributed by atoms with E-state index in [1.807, 2.05) is 35.4 Å². The second-order valence-electron chi connectivity index (χ2n) is 8.25. The van der Waals surface area contributed by atoms with Gasteiger partial charge in [0.2, 0.25) is 0 Å². The summed E-state index contributed by atoms with van der Waals surface area (Å²) in [5.41, 5.74) is 2.47. The average molecular weight is 458 g/mol. The highest BCUT2D eigenvalue weighted by atomic mass is 35.5. The highest BCUT2D eigenvalue weighted by molar-refractivity contribution is 6.34. The van der Waals surface area contributed by atoms with E-state index in [0.717, 1.165) is 16.5 Å². The molecular formula is C23H21Cl2N3O3. The fourth-order valence-electron chi connectivity index (χ4n) is 4.61. The SMILES string of the molecule is O=C(OCc1cc(Cl)cc(Cl)c1)N1C[C@@H]2CN(C(=O)c3ccc4[nH]ccc4c3)C[C@@H]2C1. The minimum absolute atomic E-state index is 0.0458. The highest BCUT2D eigenvalue weighted by Gasteiger charge is 2.43. The van der Waals surface area contributed by atoms with Gasteiger partial charge in [-0.05, 0) is 48.0 Å². The number of hydrogen-bond acceptors (Lipinski definition) is 3. The number of likely N-dealkylation sites (tertiary alicyclic amines) is 2. The van der Waals surface area contributed by atoms with Gasteiger partial charge in [0.05, 0.1) is 0 Å². The van der Waals surface area contributed by atoms with E-state index < -0.39 is 0 Å². The Bertz CT molecular complexity index is 1130. The van der Waals surface area contributed by atoms with Gasteiger partial charge in [0, 0.05) is 70.7 Å². The molecule has 0 spiro atoms. The molecule has 5 rings (SSSR count). The third-order valence-corrected chi connectivity index (χ3v) is 6.55. The number of hydrogen-bond donors (Lipinski definition) is 1. The van der Waals surface area contributed by atoms with Crippen molar-refractivity contribution in [2.24, 2.45) is 11.8 Å². The van der Waals surface area contributed by atoms with Crippen LogP contribution >= 0.6 is 23.2 Å². The van der Waals surface area contributed by atoms with Crippen molar-refractivity contribution >= 4 is 46.1 Å². The van der Waals surface area contributed by atoms with Crippen LogP contribution in [0.1, 0.15) is 15.9 Å². The van der Waals surface area contributed by atoms with Crippen molar-refractivity contribution in [1.29, 1.82) is 0 Å². The molecule has 0 radical (unpaired) electrons. The van der Waals surface area contributed by atoms with Crippen molar-refractivity contribution in [2.45, 2.75) is 6.61 Å². The molecule has 3 aromatic rings. The van der Waals surface area contributed by atoms with Gasteiger partial charge < -0.3 is 19.5 Å². The molecule has 2 amide bonds. The number of H-pyrrole nitrogens is 1. The van der Waals surface area contributed by atoms with Crippen molar-refractivity contribution in [3.8, 4) is 0 Å². The second-order valence-corrected chi connectivity index (χ2v) is 9.12. The number of amides is 2. The zero-order valence-corrected chi connectivity index (χ0v) is 18.2. The van der Waals surface area contributed by atoms with Gasteiger partial charge in [0.1, 0.15) is 6.61 Å². The summed E-state index contributed by atoms with van der Waals surface area (Å²) in [6.45, 7) is 2.63. The largest absolute Gasteiger partial charge is 0.445 e. The Morgan fingerprint density at radius 2 is 1.61 bits per heavy atom. The van der Waals surface area contributed by atoms with Crippen LogP contribution in [0, 0.1) is 11.8 Å². The van der Waals surface area contributed by atoms with Crippen LogP contribution in [0.5, 0.6) is 0 Å². The van der Waals surface area contributed by atoms with E-state index in [9.17, 15) is 9.59 Å². The van der Waals surface area contributed by atoms with Crippen LogP contribution in [-0.4, -0.2) is 53.0 Å². The Morgan fingerprint density at radius 1 is 0.935 bits per heavy atom. The smallest absolute Gasteiger partial charge is 0.410 e. The minimum atomic E-state index is -0.346. The molecule has 2 aromatic carbocycles. The first-order chi connectivity index (χ1) is 15.0. The first-order valence-electron chi connectivity index (χ1n) is 10.2. The summed E-state index contributed by atoms with van der Waals surface area (Å²) >= 11 is 12.0. The zero-order valence-electron chi connectivity index (χ0n) is 16.7. The van der Waals surface area contributed by atoms with Crippen molar-refractivity contribution < 1.29 is 14.3 Å². The number of carbonyl (C=O) groups is 2. The van der Waals surface area contributed by atoms with Gasteiger partial charge in [-0.2, -0.15) is 0 Å². The predicted octanol–water partition coefficient (Wildman–Crippen LogP) is 4.82. The van der Waals surface area contributed by atoms with Crippen molar-refractivity contribution in [3.05, 3.63) is 69.8 Å². The zero-order chi connectivity index (χ0) is 21.5. The lowest BCUT2D eigenvalue weighted by molar-refractivity contribution is 0.0764. The van der Waals surface area contributed by atoms with Crippen LogP contribution in [0.25, 0.3) is 10.9 Å². The van der Waals surface area contributed by atoms with Crippen molar-refractivity contribution in [1.82, 2.24) is 14.8 Å². The van der Waals surface area contributed by atoms with Gasteiger partial charge in [-0.3, -0.25) is 4.79 Å². The summed E-state index contributed by atoms with van der Waals surface area (Å²) in [6, 6.07) is 12.8. The topological polar surface area (TPSA) is 65.6 Å². The van der Waals surface area contributed by atoms with E-state index >= 15 is 0 Å². The summed E-state index contributed by atoms with van der Waals surface area (Å²) < 4.78 is 5.45. The van der Waals surface area contributed by atoms with Crippen LogP contribution in [-0.2, 0) is 11.3 Å². The third-order valence-electron chi connectivity index (χ3n) is 6.12. The molecule has 31 heavy (non-hydrogen) atoms. The van der Waals surface area contributed by atoms with Crippen LogP contribution in [0.4, 0.5) is 4.79 Å². The van der Waals surface area contributed by atoms with Crippen molar-refractivity contribution in [3.63, 3.8) is 0 Å². The number of ether oxygens (including phenoxy) is 1. The maximum atomic E-state index is 13.0. The Morgan fingerprint density at radius 3 is 2.32 bits per heavy atom. The predicted molar refractivity (Wildman–Crippen MR) is 119 cm³/mol. The summed E-state index contributed by atoms with van der Waals surface area (Å²) in [7, 11) is 0. The molecule has 2 saturated heterocycles. The number of fused-ring (bicyclic) bond motifs is 2. The van der Waals surface area contributed by atoms with Crippen LogP contribution in [0.2, 0.25) is 10.0 Å². The quantitative estimate of drug-likeness (QED) is 0.613. The second kappa shape index (κ2) is 8.09. The van der Waals surface area contributed by atoms with Crippen LogP contribution in [0.15, 0.2) is 48.7 Å². The molecule has 3 heterocycles. The van der Waals surface area contributed by atoms with Gasteiger partial charge in [-0.15, -0.1) is 0 Å². The van der Waals surface area contributed by atoms with Crippen LogP contribution < -0.4 is 0 Å². The number of benzene rings is 2. The molecule has 1 aromatic heterocycles. The van der Waals surface area contributed by atoms with Gasteiger partial charge in [-0.1, -0.05) is 23.2 Å². The number of halogens is 2. The normalized spacial score (nSPS) is 20.3. The molecule has 6 nitrogen and oxygen atoms in total. The fraction of sp³-hybridized carbons (Fsp3) is 0.304. The fourth-order valence-corrected chi connectivity index (χ4v) is 5.18. The maximum absolute atomic E-state index is 13.0. The molecule has 0 saturated carbocycles. The number of aromatic nitrogens is 1. The van der Waals surface area contributed by atoms with Gasteiger partial charge in [-0.25, -0.2) is 4.79 Å². The lowest BCUT2D eigenvalue weighted by Crippen LogP contribution is -2.35. The minimum Gasteiger partial charge on any atom is -0.445 e. The highest BCUT2D eigenvalue weighted by Crippen LogP contribution is 2.32. The number of nitrogens with one attached hydrogen (secondary N) is 1. The maximum Gasteiger partial charge on any atom is 0.410 e. The molecule has 1 N–H and O–H groups in total. The molecule has 0 aliphatic carbocycles. The van der Waals surface area contributed by atoms with E-state index in [0.29, 0.717) is 41.8 Å². The Kier molecular flexibility index (Phi) is 5.28. The number of rotatable bonds is 3. The number of carbonyl (C=O) groups excluding carboxylic acids is 2. The standard InChI is InChI=1S/C23H21Cl2N3O3/c24-19-5-14(6-20(25)8-19)13-31-23(30)28-11-17-9-27(10-18(17)12-28)22(29)16-1-2-21-15(7-16)3-4-26-21/h1-8,17-18,26H,9-13H2/t17-,18+. The summed E-state index contributed by atoms with van der Waals surface area (Å²) in [6.07, 6.45) is 1.52. The van der Waals surface area contributed by atoms with Gasteiger partial charge in [0.25, 0.3) is 5.91 Å². The Labute approximate surface area is 189 Å². The van der Waals surface area contributed by atoms with Crippen LogP contribution in [0.3, 0.4) is 0 Å². The molecule has 2 aliphatic heterocycles. The van der Waals surface area contributed by atoms with E-state index in [-0.39, 0.29) is 30.4 Å². The van der Waals surface area contributed by atoms with Gasteiger partial charge in [0.15, 0.2) is 0 Å². The molecule has 0 bridgehead atoms. The van der Waals surface area contributed by atoms with E-state index in [1.54, 1.807) is 23.1 Å². The van der Waals surface area contributed by atoms with E-state index in [1.165, 1.54) is 0 Å². The van der Waals surface area contributed by atoms with Gasteiger partial charge >= 0.3 is 6.09 Å². The molecule has 8 heteroatoms.